The van der Waals surface area contributed by atoms with Crippen molar-refractivity contribution in [1.82, 2.24) is 4.98 Å². The van der Waals surface area contributed by atoms with E-state index in [-0.39, 0.29) is 5.57 Å². The average Bonchev–Trinajstić information content (AvgIpc) is 3.44. The number of allylic oxidation sites excluding steroid dienone is 1. The quantitative estimate of drug-likeness (QED) is 0.395. The number of aromatic nitrogens is 1. The van der Waals surface area contributed by atoms with E-state index in [2.05, 4.69) is 11.6 Å². The molecule has 2 aromatic carbocycles. The Morgan fingerprint density at radius 1 is 1.19 bits per heavy atom. The number of carbonyl (C=O) groups is 2. The minimum Gasteiger partial charge on any atom is -0.503 e. The zero-order valence-corrected chi connectivity index (χ0v) is 17.9. The Labute approximate surface area is 189 Å². The van der Waals surface area contributed by atoms with Crippen LogP contribution in [0.5, 0.6) is 5.75 Å². The number of aliphatic hydroxyl groups is 1. The number of ether oxygens (including phenoxy) is 1. The summed E-state index contributed by atoms with van der Waals surface area (Å²) in [5.41, 5.74) is 1.50. The lowest BCUT2D eigenvalue weighted by Gasteiger charge is -2.24. The van der Waals surface area contributed by atoms with Crippen LogP contribution in [0.2, 0.25) is 0 Å². The fourth-order valence-corrected chi connectivity index (χ4v) is 4.10. The van der Waals surface area contributed by atoms with E-state index in [4.69, 9.17) is 4.74 Å². The van der Waals surface area contributed by atoms with Gasteiger partial charge in [0.2, 0.25) is 0 Å². The van der Waals surface area contributed by atoms with Crippen LogP contribution in [0.25, 0.3) is 6.08 Å². The molecule has 0 saturated carbocycles. The summed E-state index contributed by atoms with van der Waals surface area (Å²) in [5, 5.41) is 12.8. The van der Waals surface area contributed by atoms with Crippen LogP contribution in [0.1, 0.15) is 17.2 Å². The molecule has 1 unspecified atom stereocenters. The first-order valence-corrected chi connectivity index (χ1v) is 10.8. The molecule has 1 aliphatic rings. The Morgan fingerprint density at radius 2 is 1.94 bits per heavy atom. The van der Waals surface area contributed by atoms with E-state index in [0.717, 1.165) is 5.56 Å². The molecular formula is C25H20N2O4S. The molecule has 0 aliphatic carbocycles. The number of aliphatic hydroxyl groups excluding tert-OH is 1. The first kappa shape index (κ1) is 21.3. The van der Waals surface area contributed by atoms with Crippen LogP contribution in [0.4, 0.5) is 5.13 Å². The van der Waals surface area contributed by atoms with E-state index in [1.54, 1.807) is 48.0 Å². The van der Waals surface area contributed by atoms with E-state index in [1.165, 1.54) is 22.3 Å². The van der Waals surface area contributed by atoms with Crippen molar-refractivity contribution in [2.24, 2.45) is 0 Å². The molecule has 1 aliphatic heterocycles. The number of benzene rings is 2. The van der Waals surface area contributed by atoms with Crippen LogP contribution in [-0.2, 0) is 9.59 Å². The summed E-state index contributed by atoms with van der Waals surface area (Å²) in [5.74, 6) is -1.05. The number of hydrogen-bond acceptors (Lipinski definition) is 6. The predicted octanol–water partition coefficient (Wildman–Crippen LogP) is 4.89. The molecule has 6 nitrogen and oxygen atoms in total. The zero-order chi connectivity index (χ0) is 22.5. The van der Waals surface area contributed by atoms with Gasteiger partial charge in [-0.15, -0.1) is 11.3 Å². The number of carbonyl (C=O) groups excluding carboxylic acids is 2. The molecule has 0 radical (unpaired) electrons. The minimum absolute atomic E-state index is 0.0112. The fraction of sp³-hybridized carbons (Fsp3) is 0.0800. The molecule has 0 bridgehead atoms. The Hall–Kier alpha value is -3.97. The van der Waals surface area contributed by atoms with Gasteiger partial charge in [-0.2, -0.15) is 0 Å². The van der Waals surface area contributed by atoms with E-state index >= 15 is 0 Å². The molecule has 2 heterocycles. The molecule has 4 rings (SSSR count). The highest BCUT2D eigenvalue weighted by molar-refractivity contribution is 7.13. The van der Waals surface area contributed by atoms with Crippen LogP contribution in [0, 0.1) is 0 Å². The lowest BCUT2D eigenvalue weighted by molar-refractivity contribution is -0.117. The SMILES string of the molecule is C=CCOc1ccc(C2C(C(=O)C=Cc3ccccc3)=C(O)C(=O)N2c2nccs2)cc1. The van der Waals surface area contributed by atoms with E-state index in [0.29, 0.717) is 23.1 Å². The number of hydrogen-bond donors (Lipinski definition) is 1. The number of amides is 1. The van der Waals surface area contributed by atoms with Gasteiger partial charge in [0.1, 0.15) is 12.4 Å². The highest BCUT2D eigenvalue weighted by atomic mass is 32.1. The average molecular weight is 445 g/mol. The van der Waals surface area contributed by atoms with Crippen molar-refractivity contribution in [3.63, 3.8) is 0 Å². The Bertz CT molecular complexity index is 1180. The normalized spacial score (nSPS) is 16.1. The second kappa shape index (κ2) is 9.45. The lowest BCUT2D eigenvalue weighted by atomic mass is 9.95. The lowest BCUT2D eigenvalue weighted by Crippen LogP contribution is -2.30. The molecule has 0 fully saturated rings. The number of rotatable bonds is 8. The fourth-order valence-electron chi connectivity index (χ4n) is 3.43. The van der Waals surface area contributed by atoms with Crippen LogP contribution >= 0.6 is 11.3 Å². The van der Waals surface area contributed by atoms with Gasteiger partial charge in [-0.05, 0) is 29.3 Å². The zero-order valence-electron chi connectivity index (χ0n) is 17.0. The van der Waals surface area contributed by atoms with Gasteiger partial charge in [-0.3, -0.25) is 14.5 Å². The van der Waals surface area contributed by atoms with Crippen molar-refractivity contribution in [1.29, 1.82) is 0 Å². The molecular weight excluding hydrogens is 424 g/mol. The largest absolute Gasteiger partial charge is 0.503 e. The summed E-state index contributed by atoms with van der Waals surface area (Å²) < 4.78 is 5.53. The molecule has 160 valence electrons. The van der Waals surface area contributed by atoms with E-state index < -0.39 is 23.5 Å². The van der Waals surface area contributed by atoms with Gasteiger partial charge in [-0.25, -0.2) is 4.98 Å². The smallest absolute Gasteiger partial charge is 0.296 e. The molecule has 0 spiro atoms. The summed E-state index contributed by atoms with van der Waals surface area (Å²) in [6.07, 6.45) is 6.24. The molecule has 32 heavy (non-hydrogen) atoms. The Morgan fingerprint density at radius 3 is 2.59 bits per heavy atom. The number of ketones is 1. The summed E-state index contributed by atoms with van der Waals surface area (Å²) >= 11 is 1.25. The van der Waals surface area contributed by atoms with Gasteiger partial charge in [0.15, 0.2) is 16.7 Å². The van der Waals surface area contributed by atoms with Crippen LogP contribution in [0.3, 0.4) is 0 Å². The third-order valence-electron chi connectivity index (χ3n) is 4.89. The van der Waals surface area contributed by atoms with Crippen molar-refractivity contribution < 1.29 is 19.4 Å². The van der Waals surface area contributed by atoms with Crippen molar-refractivity contribution in [3.05, 3.63) is 107 Å². The number of thiazole rings is 1. The molecule has 1 amide bonds. The molecule has 1 atom stereocenters. The van der Waals surface area contributed by atoms with Crippen molar-refractivity contribution in [2.75, 3.05) is 11.5 Å². The Kier molecular flexibility index (Phi) is 6.28. The third-order valence-corrected chi connectivity index (χ3v) is 5.66. The highest BCUT2D eigenvalue weighted by Crippen LogP contribution is 2.42. The van der Waals surface area contributed by atoms with Crippen LogP contribution < -0.4 is 9.64 Å². The molecule has 0 saturated heterocycles. The summed E-state index contributed by atoms with van der Waals surface area (Å²) in [6, 6.07) is 15.6. The second-order valence-electron chi connectivity index (χ2n) is 6.93. The summed E-state index contributed by atoms with van der Waals surface area (Å²) in [6.45, 7) is 3.99. The van der Waals surface area contributed by atoms with Crippen molar-refractivity contribution >= 4 is 34.2 Å². The van der Waals surface area contributed by atoms with Crippen LogP contribution in [-0.4, -0.2) is 28.4 Å². The molecule has 1 aromatic heterocycles. The topological polar surface area (TPSA) is 79.7 Å². The Balaban J connectivity index is 1.72. The van der Waals surface area contributed by atoms with Crippen LogP contribution in [0.15, 0.2) is 96.2 Å². The minimum atomic E-state index is -0.810. The standard InChI is InChI=1S/C25H20N2O4S/c1-2-15-31-19-11-9-18(10-12-19)22-21(20(28)13-8-17-6-4-3-5-7-17)23(29)24(30)27(22)25-26-14-16-32-25/h2-14,16,22,29H,1,15H2. The summed E-state index contributed by atoms with van der Waals surface area (Å²) in [4.78, 5) is 31.7. The van der Waals surface area contributed by atoms with Gasteiger partial charge < -0.3 is 9.84 Å². The van der Waals surface area contributed by atoms with Gasteiger partial charge in [0.05, 0.1) is 11.6 Å². The van der Waals surface area contributed by atoms with Gasteiger partial charge in [0, 0.05) is 11.6 Å². The summed E-state index contributed by atoms with van der Waals surface area (Å²) in [7, 11) is 0. The number of anilines is 1. The van der Waals surface area contributed by atoms with Gasteiger partial charge in [-0.1, -0.05) is 61.2 Å². The van der Waals surface area contributed by atoms with E-state index in [9.17, 15) is 14.7 Å². The van der Waals surface area contributed by atoms with Gasteiger partial charge >= 0.3 is 0 Å². The molecule has 1 N–H and O–H groups in total. The van der Waals surface area contributed by atoms with Gasteiger partial charge in [0.25, 0.3) is 5.91 Å². The maximum absolute atomic E-state index is 13.1. The third kappa shape index (κ3) is 4.24. The maximum atomic E-state index is 13.1. The maximum Gasteiger partial charge on any atom is 0.296 e. The molecule has 3 aromatic rings. The first-order valence-electron chi connectivity index (χ1n) is 9.87. The molecule has 7 heteroatoms. The van der Waals surface area contributed by atoms with Crippen molar-refractivity contribution in [3.8, 4) is 5.75 Å². The second-order valence-corrected chi connectivity index (χ2v) is 7.80. The van der Waals surface area contributed by atoms with Crippen molar-refractivity contribution in [2.45, 2.75) is 6.04 Å². The number of nitrogens with zero attached hydrogens (tertiary/aromatic N) is 2. The van der Waals surface area contributed by atoms with E-state index in [1.807, 2.05) is 30.3 Å². The highest BCUT2D eigenvalue weighted by Gasteiger charge is 2.44. The first-order chi connectivity index (χ1) is 15.6. The predicted molar refractivity (Wildman–Crippen MR) is 125 cm³/mol. The monoisotopic (exact) mass is 444 g/mol.